The van der Waals surface area contributed by atoms with Gasteiger partial charge >= 0.3 is 12.3 Å². The van der Waals surface area contributed by atoms with Crippen molar-refractivity contribution in [3.63, 3.8) is 0 Å². The number of carbonyl (C=O) groups is 1. The van der Waals surface area contributed by atoms with E-state index in [-0.39, 0.29) is 12.0 Å². The monoisotopic (exact) mass is 470 g/mol. The Bertz CT molecular complexity index is 1070. The molecule has 2 unspecified atom stereocenters. The van der Waals surface area contributed by atoms with Crippen LogP contribution in [0.1, 0.15) is 24.0 Å². The molecule has 0 bridgehead atoms. The van der Waals surface area contributed by atoms with Crippen LogP contribution in [0, 0.1) is 0 Å². The van der Waals surface area contributed by atoms with Crippen molar-refractivity contribution in [2.75, 3.05) is 19.9 Å². The van der Waals surface area contributed by atoms with E-state index in [2.05, 4.69) is 4.72 Å². The number of methoxy groups -OCH3 is 1. The molecule has 1 N–H and O–H groups in total. The first-order chi connectivity index (χ1) is 15.0. The first kappa shape index (κ1) is 24.1. The van der Waals surface area contributed by atoms with E-state index in [1.807, 2.05) is 0 Å². The first-order valence-corrected chi connectivity index (χ1v) is 12.0. The molecule has 1 fully saturated rings. The lowest BCUT2D eigenvalue weighted by molar-refractivity contribution is -0.137. The van der Waals surface area contributed by atoms with E-state index in [0.717, 1.165) is 12.3 Å². The summed E-state index contributed by atoms with van der Waals surface area (Å²) in [6, 6.07) is 10.9. The molecule has 0 aliphatic carbocycles. The molecule has 2 atom stereocenters. The van der Waals surface area contributed by atoms with Gasteiger partial charge in [0.15, 0.2) is 0 Å². The molecule has 1 amide bonds. The van der Waals surface area contributed by atoms with Crippen molar-refractivity contribution >= 4 is 16.1 Å². The molecule has 0 aromatic heterocycles. The van der Waals surface area contributed by atoms with Gasteiger partial charge in [0.2, 0.25) is 10.0 Å². The second-order valence-electron chi connectivity index (χ2n) is 7.82. The van der Waals surface area contributed by atoms with Gasteiger partial charge in [-0.05, 0) is 42.0 Å². The molecular weight excluding hydrogens is 445 g/mol. The van der Waals surface area contributed by atoms with E-state index in [1.165, 1.54) is 24.1 Å². The second-order valence-corrected chi connectivity index (χ2v) is 9.60. The number of amides is 1. The maximum Gasteiger partial charge on any atom is 0.417 e. The minimum Gasteiger partial charge on any atom is -0.453 e. The summed E-state index contributed by atoms with van der Waals surface area (Å²) < 4.78 is 71.6. The zero-order chi connectivity index (χ0) is 23.5. The summed E-state index contributed by atoms with van der Waals surface area (Å²) in [7, 11) is -2.28. The molecule has 1 saturated heterocycles. The highest BCUT2D eigenvalue weighted by molar-refractivity contribution is 7.88. The molecule has 2 aromatic carbocycles. The summed E-state index contributed by atoms with van der Waals surface area (Å²) in [5.41, 5.74) is 0.396. The van der Waals surface area contributed by atoms with E-state index in [1.54, 1.807) is 30.3 Å². The summed E-state index contributed by atoms with van der Waals surface area (Å²) in [6.45, 7) is 0.399. The van der Waals surface area contributed by atoms with Crippen LogP contribution >= 0.6 is 0 Å². The third-order valence-corrected chi connectivity index (χ3v) is 6.20. The highest BCUT2D eigenvalue weighted by atomic mass is 32.2. The van der Waals surface area contributed by atoms with Crippen molar-refractivity contribution in [2.45, 2.75) is 37.5 Å². The lowest BCUT2D eigenvalue weighted by atomic mass is 9.90. The third kappa shape index (κ3) is 5.80. The van der Waals surface area contributed by atoms with Gasteiger partial charge in [-0.2, -0.15) is 13.2 Å². The van der Waals surface area contributed by atoms with Gasteiger partial charge in [-0.25, -0.2) is 17.9 Å². The Balaban J connectivity index is 1.96. The Morgan fingerprint density at radius 3 is 2.56 bits per heavy atom. The molecule has 1 heterocycles. The second kappa shape index (κ2) is 9.50. The first-order valence-electron chi connectivity index (χ1n) is 10.1. The Kier molecular flexibility index (Phi) is 7.14. The predicted octanol–water partition coefficient (Wildman–Crippen LogP) is 4.06. The Hall–Kier alpha value is -2.59. The summed E-state index contributed by atoms with van der Waals surface area (Å²) in [6.07, 6.45) is -2.64. The highest BCUT2D eigenvalue weighted by Gasteiger charge is 2.37. The van der Waals surface area contributed by atoms with Gasteiger partial charge in [0.1, 0.15) is 0 Å². The van der Waals surface area contributed by atoms with Crippen LogP contribution in [0.2, 0.25) is 0 Å². The number of benzene rings is 2. The predicted molar refractivity (Wildman–Crippen MR) is 114 cm³/mol. The Morgan fingerprint density at radius 2 is 1.91 bits per heavy atom. The SMILES string of the molecule is COC(=O)N1CCCC(NS(C)(=O)=O)C1Cc1cccc(-c2ccccc2C(F)(F)F)c1. The Labute approximate surface area is 185 Å². The Morgan fingerprint density at radius 1 is 1.19 bits per heavy atom. The molecule has 6 nitrogen and oxygen atoms in total. The average molecular weight is 471 g/mol. The quantitative estimate of drug-likeness (QED) is 0.715. The zero-order valence-electron chi connectivity index (χ0n) is 17.7. The number of sulfonamides is 1. The number of alkyl halides is 3. The smallest absolute Gasteiger partial charge is 0.417 e. The number of hydrogen-bond donors (Lipinski definition) is 1. The van der Waals surface area contributed by atoms with Gasteiger partial charge in [-0.15, -0.1) is 0 Å². The van der Waals surface area contributed by atoms with Crippen LogP contribution in [0.3, 0.4) is 0 Å². The van der Waals surface area contributed by atoms with Crippen molar-refractivity contribution < 1.29 is 31.1 Å². The number of carbonyl (C=O) groups excluding carboxylic acids is 1. The molecule has 1 aliphatic heterocycles. The van der Waals surface area contributed by atoms with Crippen LogP contribution in [0.4, 0.5) is 18.0 Å². The van der Waals surface area contributed by atoms with E-state index < -0.39 is 39.9 Å². The zero-order valence-corrected chi connectivity index (χ0v) is 18.5. The molecule has 3 rings (SSSR count). The molecule has 0 spiro atoms. The van der Waals surface area contributed by atoms with E-state index in [4.69, 9.17) is 4.74 Å². The fraction of sp³-hybridized carbons (Fsp3) is 0.409. The van der Waals surface area contributed by atoms with Crippen molar-refractivity contribution in [3.8, 4) is 11.1 Å². The largest absolute Gasteiger partial charge is 0.453 e. The highest BCUT2D eigenvalue weighted by Crippen LogP contribution is 2.37. The van der Waals surface area contributed by atoms with Crippen LogP contribution in [0.15, 0.2) is 48.5 Å². The molecule has 0 saturated carbocycles. The van der Waals surface area contributed by atoms with Gasteiger partial charge < -0.3 is 9.64 Å². The number of hydrogen-bond acceptors (Lipinski definition) is 4. The standard InChI is InChI=1S/C22H25F3N2O4S/c1-31-21(28)27-12-6-11-19(26-32(2,29)30)20(27)14-15-7-5-8-16(13-15)17-9-3-4-10-18(17)22(23,24)25/h3-5,7-10,13,19-20,26H,6,11-12,14H2,1-2H3. The van der Waals surface area contributed by atoms with Crippen molar-refractivity contribution in [1.82, 2.24) is 9.62 Å². The van der Waals surface area contributed by atoms with Crippen LogP contribution in [0.5, 0.6) is 0 Å². The van der Waals surface area contributed by atoms with Crippen LogP contribution in [0.25, 0.3) is 11.1 Å². The van der Waals surface area contributed by atoms with Crippen LogP contribution < -0.4 is 4.72 Å². The third-order valence-electron chi connectivity index (χ3n) is 5.47. The van der Waals surface area contributed by atoms with E-state index in [9.17, 15) is 26.4 Å². The van der Waals surface area contributed by atoms with Gasteiger partial charge in [0, 0.05) is 12.6 Å². The minimum absolute atomic E-state index is 0.0566. The number of nitrogens with one attached hydrogen (secondary N) is 1. The van der Waals surface area contributed by atoms with Crippen molar-refractivity contribution in [1.29, 1.82) is 0 Å². The molecule has 10 heteroatoms. The maximum absolute atomic E-state index is 13.5. The molecule has 1 aliphatic rings. The number of ether oxygens (including phenoxy) is 1. The average Bonchev–Trinajstić information content (AvgIpc) is 2.73. The van der Waals surface area contributed by atoms with Crippen molar-refractivity contribution in [2.24, 2.45) is 0 Å². The molecule has 2 aromatic rings. The van der Waals surface area contributed by atoms with E-state index >= 15 is 0 Å². The number of rotatable bonds is 5. The fourth-order valence-corrected chi connectivity index (χ4v) is 4.98. The normalized spacial score (nSPS) is 19.6. The minimum atomic E-state index is -4.50. The van der Waals surface area contributed by atoms with Gasteiger partial charge in [-0.3, -0.25) is 0 Å². The van der Waals surface area contributed by atoms with Crippen molar-refractivity contribution in [3.05, 3.63) is 59.7 Å². The molecular formula is C22H25F3N2O4S. The topological polar surface area (TPSA) is 75.7 Å². The lowest BCUT2D eigenvalue weighted by Gasteiger charge is -2.40. The van der Waals surface area contributed by atoms with Crippen LogP contribution in [-0.2, 0) is 27.4 Å². The summed E-state index contributed by atoms with van der Waals surface area (Å²) in [5, 5.41) is 0. The summed E-state index contributed by atoms with van der Waals surface area (Å²) in [5.74, 6) is 0. The maximum atomic E-state index is 13.5. The van der Waals surface area contributed by atoms with Crippen LogP contribution in [-0.4, -0.2) is 51.4 Å². The number of piperidine rings is 1. The summed E-state index contributed by atoms with van der Waals surface area (Å²) in [4.78, 5) is 13.8. The van der Waals surface area contributed by atoms with Gasteiger partial charge in [0.25, 0.3) is 0 Å². The van der Waals surface area contributed by atoms with Gasteiger partial charge in [0.05, 0.1) is 25.0 Å². The fourth-order valence-electron chi connectivity index (χ4n) is 4.16. The van der Waals surface area contributed by atoms with Gasteiger partial charge in [-0.1, -0.05) is 42.5 Å². The summed E-state index contributed by atoms with van der Waals surface area (Å²) >= 11 is 0. The van der Waals surface area contributed by atoms with E-state index in [0.29, 0.717) is 30.5 Å². The molecule has 0 radical (unpaired) electrons. The molecule has 32 heavy (non-hydrogen) atoms. The number of nitrogens with zero attached hydrogens (tertiary/aromatic N) is 1. The molecule has 174 valence electrons. The number of likely N-dealkylation sites (tertiary alicyclic amines) is 1. The lowest BCUT2D eigenvalue weighted by Crippen LogP contribution is -2.57. The number of halogens is 3.